The number of ether oxygens (including phenoxy) is 1. The first-order chi connectivity index (χ1) is 5.24. The van der Waals surface area contributed by atoms with Crippen molar-refractivity contribution in [1.29, 1.82) is 0 Å². The van der Waals surface area contributed by atoms with E-state index in [2.05, 4.69) is 10.1 Å². The van der Waals surface area contributed by atoms with Crippen molar-refractivity contribution in [3.63, 3.8) is 0 Å². The maximum Gasteiger partial charge on any atom is 0.322 e. The molecule has 2 atom stereocenters. The molecule has 72 valence electrons. The molecule has 1 aliphatic rings. The lowest BCUT2D eigenvalue weighted by Gasteiger charge is -2.23. The first-order valence-electron chi connectivity index (χ1n) is 3.69. The second-order valence-corrected chi connectivity index (χ2v) is 2.65. The summed E-state index contributed by atoms with van der Waals surface area (Å²) in [5.41, 5.74) is 0. The minimum atomic E-state index is -0.861. The van der Waals surface area contributed by atoms with E-state index in [1.54, 1.807) is 0 Å². The smallest absolute Gasteiger partial charge is 0.322 e. The van der Waals surface area contributed by atoms with Crippen molar-refractivity contribution in [2.24, 2.45) is 0 Å². The Morgan fingerprint density at radius 1 is 1.67 bits per heavy atom. The summed E-state index contributed by atoms with van der Waals surface area (Å²) in [6.45, 7) is 0.556. The molecule has 0 aromatic rings. The van der Waals surface area contributed by atoms with Crippen LogP contribution >= 0.6 is 12.4 Å². The molecule has 1 N–H and O–H groups in total. The van der Waals surface area contributed by atoms with Crippen LogP contribution < -0.4 is 5.32 Å². The number of carbonyl (C=O) groups is 1. The average molecular weight is 198 g/mol. The third-order valence-electron chi connectivity index (χ3n) is 1.83. The second kappa shape index (κ2) is 5.32. The molecule has 5 heteroatoms. The number of halogens is 2. The number of carbonyl (C=O) groups excluding carboxylic acids is 1. The Labute approximate surface area is 77.1 Å². The van der Waals surface area contributed by atoms with Crippen molar-refractivity contribution in [1.82, 2.24) is 5.32 Å². The van der Waals surface area contributed by atoms with Crippen molar-refractivity contribution >= 4 is 18.4 Å². The van der Waals surface area contributed by atoms with Gasteiger partial charge in [0, 0.05) is 6.42 Å². The van der Waals surface area contributed by atoms with Gasteiger partial charge in [-0.15, -0.1) is 12.4 Å². The van der Waals surface area contributed by atoms with Crippen molar-refractivity contribution in [2.75, 3.05) is 13.7 Å². The number of hydrogen-bond acceptors (Lipinski definition) is 3. The molecule has 0 unspecified atom stereocenters. The average Bonchev–Trinajstić information content (AvgIpc) is 2.03. The van der Waals surface area contributed by atoms with Crippen LogP contribution in [0.15, 0.2) is 0 Å². The number of esters is 1. The Morgan fingerprint density at radius 2 is 2.33 bits per heavy atom. The Morgan fingerprint density at radius 3 is 2.83 bits per heavy atom. The Balaban J connectivity index is 0.00000121. The van der Waals surface area contributed by atoms with Crippen LogP contribution in [0.5, 0.6) is 0 Å². The predicted octanol–water partition coefficient (Wildman–Crippen LogP) is 0.671. The number of methoxy groups -OCH3 is 1. The van der Waals surface area contributed by atoms with Crippen LogP contribution in [-0.4, -0.2) is 31.8 Å². The summed E-state index contributed by atoms with van der Waals surface area (Å²) in [5, 5.41) is 2.89. The molecule has 0 aromatic heterocycles. The van der Waals surface area contributed by atoms with E-state index in [-0.39, 0.29) is 24.8 Å². The zero-order chi connectivity index (χ0) is 8.27. The van der Waals surface area contributed by atoms with Gasteiger partial charge in [-0.2, -0.15) is 0 Å². The van der Waals surface area contributed by atoms with Gasteiger partial charge in [0.15, 0.2) is 0 Å². The Hall–Kier alpha value is -0.350. The fraction of sp³-hybridized carbons (Fsp3) is 0.857. The fourth-order valence-electron chi connectivity index (χ4n) is 1.19. The molecule has 1 aliphatic heterocycles. The van der Waals surface area contributed by atoms with Crippen LogP contribution in [0.4, 0.5) is 4.39 Å². The minimum Gasteiger partial charge on any atom is -0.468 e. The molecule has 3 nitrogen and oxygen atoms in total. The number of rotatable bonds is 1. The van der Waals surface area contributed by atoms with Crippen molar-refractivity contribution in [3.05, 3.63) is 0 Å². The van der Waals surface area contributed by atoms with Gasteiger partial charge in [0.05, 0.1) is 7.11 Å². The fourth-order valence-corrected chi connectivity index (χ4v) is 1.19. The normalized spacial score (nSPS) is 28.8. The van der Waals surface area contributed by atoms with Crippen LogP contribution in [0.3, 0.4) is 0 Å². The van der Waals surface area contributed by atoms with Gasteiger partial charge in [-0.1, -0.05) is 0 Å². The summed E-state index contributed by atoms with van der Waals surface area (Å²) in [5.74, 6) is -0.368. The summed E-state index contributed by atoms with van der Waals surface area (Å²) in [7, 11) is 1.31. The van der Waals surface area contributed by atoms with E-state index in [0.29, 0.717) is 13.0 Å². The third kappa shape index (κ3) is 2.95. The minimum absolute atomic E-state index is 0. The van der Waals surface area contributed by atoms with Crippen molar-refractivity contribution in [2.45, 2.75) is 25.1 Å². The lowest BCUT2D eigenvalue weighted by atomic mass is 10.0. The molecule has 1 heterocycles. The number of piperidine rings is 1. The van der Waals surface area contributed by atoms with Crippen LogP contribution in [0.1, 0.15) is 12.8 Å². The van der Waals surface area contributed by atoms with Gasteiger partial charge in [0.2, 0.25) is 0 Å². The standard InChI is InChI=1S/C7H12FNO2.ClH/c1-11-7(10)6-4-5(8)2-3-9-6;/h5-6,9H,2-4H2,1H3;1H/t5-,6+;/m1./s1. The molecule has 0 aromatic carbocycles. The van der Waals surface area contributed by atoms with Crippen LogP contribution in [-0.2, 0) is 9.53 Å². The molecular weight excluding hydrogens is 185 g/mol. The highest BCUT2D eigenvalue weighted by atomic mass is 35.5. The molecule has 12 heavy (non-hydrogen) atoms. The lowest BCUT2D eigenvalue weighted by Crippen LogP contribution is -2.44. The molecular formula is C7H13ClFNO2. The molecule has 0 aliphatic carbocycles. The van der Waals surface area contributed by atoms with E-state index in [1.165, 1.54) is 7.11 Å². The van der Waals surface area contributed by atoms with Gasteiger partial charge >= 0.3 is 5.97 Å². The highest BCUT2D eigenvalue weighted by molar-refractivity contribution is 5.85. The summed E-state index contributed by atoms with van der Waals surface area (Å²) >= 11 is 0. The van der Waals surface area contributed by atoms with Gasteiger partial charge in [-0.25, -0.2) is 4.39 Å². The first-order valence-corrected chi connectivity index (χ1v) is 3.69. The molecule has 1 saturated heterocycles. The van der Waals surface area contributed by atoms with Gasteiger partial charge in [-0.3, -0.25) is 4.79 Å². The monoisotopic (exact) mass is 197 g/mol. The molecule has 0 spiro atoms. The SMILES string of the molecule is COC(=O)[C@@H]1C[C@H](F)CCN1.Cl. The Bertz CT molecular complexity index is 156. The number of nitrogens with one attached hydrogen (secondary N) is 1. The molecule has 1 rings (SSSR count). The van der Waals surface area contributed by atoms with E-state index >= 15 is 0 Å². The highest BCUT2D eigenvalue weighted by Crippen LogP contribution is 2.12. The summed E-state index contributed by atoms with van der Waals surface area (Å²) in [6.07, 6.45) is -0.125. The van der Waals surface area contributed by atoms with E-state index in [1.807, 2.05) is 0 Å². The van der Waals surface area contributed by atoms with Gasteiger partial charge in [0.1, 0.15) is 12.2 Å². The summed E-state index contributed by atoms with van der Waals surface area (Å²) in [6, 6.07) is -0.441. The quantitative estimate of drug-likeness (QED) is 0.628. The highest BCUT2D eigenvalue weighted by Gasteiger charge is 2.26. The van der Waals surface area contributed by atoms with Crippen molar-refractivity contribution in [3.8, 4) is 0 Å². The molecule has 0 saturated carbocycles. The second-order valence-electron chi connectivity index (χ2n) is 2.65. The predicted molar refractivity (Wildman–Crippen MR) is 45.2 cm³/mol. The van der Waals surface area contributed by atoms with Gasteiger partial charge < -0.3 is 10.1 Å². The number of alkyl halides is 1. The van der Waals surface area contributed by atoms with Crippen LogP contribution in [0, 0.1) is 0 Å². The topological polar surface area (TPSA) is 38.3 Å². The van der Waals surface area contributed by atoms with Crippen LogP contribution in [0.2, 0.25) is 0 Å². The Kier molecular flexibility index (Phi) is 5.17. The van der Waals surface area contributed by atoms with Crippen LogP contribution in [0.25, 0.3) is 0 Å². The third-order valence-corrected chi connectivity index (χ3v) is 1.83. The first kappa shape index (κ1) is 11.6. The summed E-state index contributed by atoms with van der Waals surface area (Å²) in [4.78, 5) is 10.9. The maximum atomic E-state index is 12.7. The van der Waals surface area contributed by atoms with E-state index in [4.69, 9.17) is 0 Å². The van der Waals surface area contributed by atoms with Gasteiger partial charge in [0.25, 0.3) is 0 Å². The molecule has 0 radical (unpaired) electrons. The largest absolute Gasteiger partial charge is 0.468 e. The summed E-state index contributed by atoms with van der Waals surface area (Å²) < 4.78 is 17.2. The van der Waals surface area contributed by atoms with E-state index in [9.17, 15) is 9.18 Å². The maximum absolute atomic E-state index is 12.7. The zero-order valence-corrected chi connectivity index (χ0v) is 7.70. The van der Waals surface area contributed by atoms with E-state index in [0.717, 1.165) is 0 Å². The molecule has 0 bridgehead atoms. The van der Waals surface area contributed by atoms with E-state index < -0.39 is 12.2 Å². The molecule has 0 amide bonds. The number of hydrogen-bond donors (Lipinski definition) is 1. The molecule has 1 fully saturated rings. The van der Waals surface area contributed by atoms with Crippen molar-refractivity contribution < 1.29 is 13.9 Å². The zero-order valence-electron chi connectivity index (χ0n) is 6.88. The lowest BCUT2D eigenvalue weighted by molar-refractivity contribution is -0.144. The van der Waals surface area contributed by atoms with Gasteiger partial charge in [-0.05, 0) is 13.0 Å².